The fraction of sp³-hybridized carbons (Fsp3) is 0.500. The van der Waals surface area contributed by atoms with Crippen molar-refractivity contribution >= 4 is 0 Å². The lowest BCUT2D eigenvalue weighted by atomic mass is 9.98. The fourth-order valence-electron chi connectivity index (χ4n) is 2.04. The summed E-state index contributed by atoms with van der Waals surface area (Å²) >= 11 is 0. The van der Waals surface area contributed by atoms with Gasteiger partial charge in [-0.15, -0.1) is 0 Å². The molecular formula is C12H16F2N2O2. The molecule has 2 atom stereocenters. The molecule has 1 saturated heterocycles. The minimum atomic E-state index is -0.773. The van der Waals surface area contributed by atoms with Crippen molar-refractivity contribution in [1.82, 2.24) is 5.43 Å². The lowest BCUT2D eigenvalue weighted by Crippen LogP contribution is -2.44. The molecule has 0 bridgehead atoms. The average Bonchev–Trinajstić information content (AvgIpc) is 2.40. The van der Waals surface area contributed by atoms with Crippen LogP contribution in [-0.2, 0) is 9.47 Å². The molecule has 1 aliphatic rings. The van der Waals surface area contributed by atoms with Gasteiger partial charge in [-0.25, -0.2) is 8.78 Å². The van der Waals surface area contributed by atoms with E-state index in [1.54, 1.807) is 6.92 Å². The second kappa shape index (κ2) is 5.71. The van der Waals surface area contributed by atoms with E-state index in [9.17, 15) is 8.78 Å². The second-order valence-electron chi connectivity index (χ2n) is 4.22. The molecule has 2 rings (SSSR count). The number of aryl methyl sites for hydroxylation is 1. The summed E-state index contributed by atoms with van der Waals surface area (Å²) in [5.74, 6) is 4.16. The van der Waals surface area contributed by atoms with Gasteiger partial charge in [-0.05, 0) is 18.6 Å². The first-order valence-corrected chi connectivity index (χ1v) is 5.75. The van der Waals surface area contributed by atoms with E-state index in [1.807, 2.05) is 0 Å². The molecule has 0 aliphatic carbocycles. The lowest BCUT2D eigenvalue weighted by Gasteiger charge is -2.30. The zero-order valence-corrected chi connectivity index (χ0v) is 10.1. The molecule has 2 unspecified atom stereocenters. The van der Waals surface area contributed by atoms with E-state index in [0.717, 1.165) is 0 Å². The van der Waals surface area contributed by atoms with Crippen molar-refractivity contribution in [3.05, 3.63) is 34.9 Å². The molecule has 4 nitrogen and oxygen atoms in total. The third-order valence-corrected chi connectivity index (χ3v) is 3.02. The Morgan fingerprint density at radius 2 is 2.17 bits per heavy atom. The van der Waals surface area contributed by atoms with Gasteiger partial charge in [-0.1, -0.05) is 6.07 Å². The fourth-order valence-corrected chi connectivity index (χ4v) is 2.04. The number of halogens is 2. The van der Waals surface area contributed by atoms with E-state index in [4.69, 9.17) is 15.3 Å². The topological polar surface area (TPSA) is 56.5 Å². The summed E-state index contributed by atoms with van der Waals surface area (Å²) in [4.78, 5) is 0. The van der Waals surface area contributed by atoms with Crippen LogP contribution in [0.1, 0.15) is 17.2 Å². The first-order valence-electron chi connectivity index (χ1n) is 5.75. The summed E-state index contributed by atoms with van der Waals surface area (Å²) in [6.45, 7) is 2.69. The van der Waals surface area contributed by atoms with E-state index in [-0.39, 0.29) is 12.2 Å². The van der Waals surface area contributed by atoms with Crippen LogP contribution in [0.25, 0.3) is 0 Å². The number of nitrogens with two attached hydrogens (primary N) is 1. The first kappa shape index (κ1) is 13.4. The highest BCUT2D eigenvalue weighted by Crippen LogP contribution is 2.27. The second-order valence-corrected chi connectivity index (χ2v) is 4.22. The maximum atomic E-state index is 14.0. The molecule has 0 amide bonds. The number of hydrogen-bond acceptors (Lipinski definition) is 4. The van der Waals surface area contributed by atoms with Crippen LogP contribution in [-0.4, -0.2) is 25.9 Å². The summed E-state index contributed by atoms with van der Waals surface area (Å²) in [5, 5.41) is 0. The van der Waals surface area contributed by atoms with Crippen molar-refractivity contribution < 1.29 is 18.3 Å². The van der Waals surface area contributed by atoms with Gasteiger partial charge >= 0.3 is 0 Å². The molecule has 6 heteroatoms. The van der Waals surface area contributed by atoms with Crippen LogP contribution in [0, 0.1) is 18.6 Å². The van der Waals surface area contributed by atoms with Gasteiger partial charge in [-0.2, -0.15) is 0 Å². The van der Waals surface area contributed by atoms with Crippen LogP contribution < -0.4 is 11.3 Å². The Balaban J connectivity index is 2.34. The van der Waals surface area contributed by atoms with Crippen molar-refractivity contribution in [3.8, 4) is 0 Å². The van der Waals surface area contributed by atoms with Gasteiger partial charge in [0, 0.05) is 5.56 Å². The monoisotopic (exact) mass is 258 g/mol. The summed E-state index contributed by atoms with van der Waals surface area (Å²) < 4.78 is 38.5. The molecule has 1 aromatic carbocycles. The van der Waals surface area contributed by atoms with Gasteiger partial charge in [0.1, 0.15) is 17.7 Å². The van der Waals surface area contributed by atoms with E-state index >= 15 is 0 Å². The summed E-state index contributed by atoms with van der Waals surface area (Å²) in [6.07, 6.45) is -0.505. The lowest BCUT2D eigenvalue weighted by molar-refractivity contribution is -0.103. The van der Waals surface area contributed by atoms with Gasteiger partial charge in [-0.3, -0.25) is 11.3 Å². The molecule has 0 aromatic heterocycles. The van der Waals surface area contributed by atoms with E-state index < -0.39 is 23.8 Å². The average molecular weight is 258 g/mol. The Morgan fingerprint density at radius 1 is 1.39 bits per heavy atom. The largest absolute Gasteiger partial charge is 0.376 e. The Labute approximate surface area is 104 Å². The molecule has 3 N–H and O–H groups in total. The van der Waals surface area contributed by atoms with Crippen LogP contribution in [0.4, 0.5) is 8.78 Å². The van der Waals surface area contributed by atoms with Crippen LogP contribution in [0.5, 0.6) is 0 Å². The number of hydrogen-bond donors (Lipinski definition) is 2. The van der Waals surface area contributed by atoms with Gasteiger partial charge in [0.15, 0.2) is 0 Å². The molecule has 1 aliphatic heterocycles. The quantitative estimate of drug-likeness (QED) is 0.631. The maximum absolute atomic E-state index is 14.0. The zero-order valence-electron chi connectivity index (χ0n) is 10.1. The van der Waals surface area contributed by atoms with E-state index in [0.29, 0.717) is 18.8 Å². The van der Waals surface area contributed by atoms with Crippen molar-refractivity contribution in [2.45, 2.75) is 19.1 Å². The van der Waals surface area contributed by atoms with Crippen molar-refractivity contribution in [1.29, 1.82) is 0 Å². The van der Waals surface area contributed by atoms with Crippen molar-refractivity contribution in [2.24, 2.45) is 5.84 Å². The number of rotatable bonds is 3. The minimum absolute atomic E-state index is 0.104. The molecule has 1 aromatic rings. The molecule has 1 fully saturated rings. The zero-order chi connectivity index (χ0) is 13.1. The molecule has 0 saturated carbocycles. The number of benzene rings is 1. The molecular weight excluding hydrogens is 242 g/mol. The number of hydrazine groups is 1. The van der Waals surface area contributed by atoms with Crippen LogP contribution >= 0.6 is 0 Å². The number of nitrogens with one attached hydrogen (secondary N) is 1. The van der Waals surface area contributed by atoms with Crippen molar-refractivity contribution in [2.75, 3.05) is 19.8 Å². The predicted molar refractivity (Wildman–Crippen MR) is 61.7 cm³/mol. The highest BCUT2D eigenvalue weighted by Gasteiger charge is 2.30. The van der Waals surface area contributed by atoms with Crippen LogP contribution in [0.3, 0.4) is 0 Å². The van der Waals surface area contributed by atoms with Gasteiger partial charge < -0.3 is 9.47 Å². The normalized spacial score (nSPS) is 21.9. The van der Waals surface area contributed by atoms with Crippen molar-refractivity contribution in [3.63, 3.8) is 0 Å². The first-order chi connectivity index (χ1) is 8.65. The van der Waals surface area contributed by atoms with E-state index in [2.05, 4.69) is 5.43 Å². The highest BCUT2D eigenvalue weighted by atomic mass is 19.1. The SMILES string of the molecule is Cc1ccc(F)c(C(NN)C2COCCO2)c1F. The third-order valence-electron chi connectivity index (χ3n) is 3.02. The maximum Gasteiger partial charge on any atom is 0.133 e. The Bertz CT molecular complexity index is 423. The van der Waals surface area contributed by atoms with Crippen LogP contribution in [0.15, 0.2) is 12.1 Å². The third kappa shape index (κ3) is 2.51. The van der Waals surface area contributed by atoms with Gasteiger partial charge in [0.25, 0.3) is 0 Å². The Kier molecular flexibility index (Phi) is 4.23. The molecule has 100 valence electrons. The molecule has 0 radical (unpaired) electrons. The molecule has 0 spiro atoms. The van der Waals surface area contributed by atoms with Crippen LogP contribution in [0.2, 0.25) is 0 Å². The predicted octanol–water partition coefficient (Wildman–Crippen LogP) is 1.19. The smallest absolute Gasteiger partial charge is 0.133 e. The summed E-state index contributed by atoms with van der Waals surface area (Å²) in [6, 6.07) is 1.84. The molecule has 1 heterocycles. The number of ether oxygens (including phenoxy) is 2. The highest BCUT2D eigenvalue weighted by molar-refractivity contribution is 5.30. The van der Waals surface area contributed by atoms with Gasteiger partial charge in [0.05, 0.1) is 25.9 Å². The summed E-state index contributed by atoms with van der Waals surface area (Å²) in [5.41, 5.74) is 2.67. The minimum Gasteiger partial charge on any atom is -0.376 e. The van der Waals surface area contributed by atoms with Gasteiger partial charge in [0.2, 0.25) is 0 Å². The summed E-state index contributed by atoms with van der Waals surface area (Å²) in [7, 11) is 0. The standard InChI is InChI=1S/C12H16F2N2O2/c1-7-2-3-8(13)10(11(7)14)12(16-15)9-6-17-4-5-18-9/h2-3,9,12,16H,4-6,15H2,1H3. The van der Waals surface area contributed by atoms with E-state index in [1.165, 1.54) is 12.1 Å². The molecule has 18 heavy (non-hydrogen) atoms. The Morgan fingerprint density at radius 3 is 2.78 bits per heavy atom. The Hall–Kier alpha value is -1.08.